The van der Waals surface area contributed by atoms with Gasteiger partial charge in [0, 0.05) is 31.1 Å². The number of unbranched alkanes of at least 4 members (excludes halogenated alkanes) is 5. The predicted octanol–water partition coefficient (Wildman–Crippen LogP) is 6.50. The number of ether oxygens (including phenoxy) is 1. The first-order valence-electron chi connectivity index (χ1n) is 14.0. The van der Waals surface area contributed by atoms with E-state index in [9.17, 15) is 19.5 Å². The summed E-state index contributed by atoms with van der Waals surface area (Å²) in [6.45, 7) is 2.20. The number of anilines is 1. The first-order chi connectivity index (χ1) is 19.3. The third-order valence-electron chi connectivity index (χ3n) is 7.03. The highest BCUT2D eigenvalue weighted by molar-refractivity contribution is 5.96. The zero-order chi connectivity index (χ0) is 28.9. The van der Waals surface area contributed by atoms with Crippen LogP contribution < -0.4 is 15.0 Å². The molecule has 0 aliphatic rings. The summed E-state index contributed by atoms with van der Waals surface area (Å²) in [5.74, 6) is -0.839. The maximum atomic E-state index is 12.7. The Morgan fingerprint density at radius 1 is 0.875 bits per heavy atom. The fourth-order valence-electron chi connectivity index (χ4n) is 4.52. The summed E-state index contributed by atoms with van der Waals surface area (Å²) in [5.41, 5.74) is 3.90. The maximum absolute atomic E-state index is 12.7. The molecule has 1 unspecified atom stereocenters. The molecular formula is C33H40N2O5. The van der Waals surface area contributed by atoms with E-state index in [1.807, 2.05) is 55.6 Å². The largest absolute Gasteiger partial charge is 0.497 e. The number of aliphatic carboxylic acids is 1. The van der Waals surface area contributed by atoms with E-state index in [-0.39, 0.29) is 12.3 Å². The van der Waals surface area contributed by atoms with Gasteiger partial charge in [-0.25, -0.2) is 4.79 Å². The van der Waals surface area contributed by atoms with Gasteiger partial charge in [0.1, 0.15) is 11.8 Å². The quantitative estimate of drug-likeness (QED) is 0.213. The monoisotopic (exact) mass is 544 g/mol. The molecule has 0 spiro atoms. The Hall–Kier alpha value is -4.13. The third-order valence-corrected chi connectivity index (χ3v) is 7.03. The number of hydrogen-bond acceptors (Lipinski definition) is 4. The van der Waals surface area contributed by atoms with Gasteiger partial charge in [0.05, 0.1) is 7.11 Å². The zero-order valence-electron chi connectivity index (χ0n) is 23.7. The van der Waals surface area contributed by atoms with Crippen LogP contribution in [0.3, 0.4) is 0 Å². The molecule has 0 saturated carbocycles. The Bertz CT molecular complexity index is 1250. The molecule has 212 valence electrons. The smallest absolute Gasteiger partial charge is 0.326 e. The highest BCUT2D eigenvalue weighted by Gasteiger charge is 2.21. The number of amides is 2. The van der Waals surface area contributed by atoms with Gasteiger partial charge in [0.15, 0.2) is 0 Å². The maximum Gasteiger partial charge on any atom is 0.326 e. The van der Waals surface area contributed by atoms with Crippen molar-refractivity contribution in [1.82, 2.24) is 5.32 Å². The van der Waals surface area contributed by atoms with Gasteiger partial charge in [0.25, 0.3) is 5.91 Å². The van der Waals surface area contributed by atoms with Crippen LogP contribution in [0.15, 0.2) is 72.8 Å². The van der Waals surface area contributed by atoms with E-state index in [1.165, 1.54) is 32.8 Å². The molecule has 0 saturated heterocycles. The molecule has 40 heavy (non-hydrogen) atoms. The Kier molecular flexibility index (Phi) is 11.8. The summed E-state index contributed by atoms with van der Waals surface area (Å²) in [7, 11) is 3.35. The van der Waals surface area contributed by atoms with Crippen molar-refractivity contribution >= 4 is 23.5 Å². The molecule has 0 aliphatic heterocycles. The lowest BCUT2D eigenvalue weighted by molar-refractivity contribution is -0.139. The number of carboxylic acids is 1. The molecule has 3 aromatic carbocycles. The highest BCUT2D eigenvalue weighted by atomic mass is 16.5. The summed E-state index contributed by atoms with van der Waals surface area (Å²) in [6, 6.07) is 20.8. The first-order valence-corrected chi connectivity index (χ1v) is 14.0. The third kappa shape index (κ3) is 8.97. The van der Waals surface area contributed by atoms with Crippen molar-refractivity contribution in [2.24, 2.45) is 0 Å². The summed E-state index contributed by atoms with van der Waals surface area (Å²) < 4.78 is 5.10. The minimum atomic E-state index is -1.10. The van der Waals surface area contributed by atoms with Gasteiger partial charge in [0.2, 0.25) is 5.91 Å². The molecule has 0 bridgehead atoms. The van der Waals surface area contributed by atoms with Crippen LogP contribution in [0.4, 0.5) is 5.69 Å². The lowest BCUT2D eigenvalue weighted by Crippen LogP contribution is -2.42. The fourth-order valence-corrected chi connectivity index (χ4v) is 4.52. The number of rotatable bonds is 15. The van der Waals surface area contributed by atoms with Crippen molar-refractivity contribution in [2.75, 3.05) is 19.1 Å². The number of carbonyl (C=O) groups is 3. The molecular weight excluding hydrogens is 504 g/mol. The lowest BCUT2D eigenvalue weighted by Gasteiger charge is -2.18. The van der Waals surface area contributed by atoms with Gasteiger partial charge in [-0.15, -0.1) is 0 Å². The van der Waals surface area contributed by atoms with Crippen molar-refractivity contribution in [2.45, 2.75) is 64.3 Å². The minimum absolute atomic E-state index is 0.111. The normalized spacial score (nSPS) is 11.5. The van der Waals surface area contributed by atoms with Crippen molar-refractivity contribution in [3.05, 3.63) is 83.9 Å². The van der Waals surface area contributed by atoms with E-state index >= 15 is 0 Å². The second kappa shape index (κ2) is 15.5. The number of carbonyl (C=O) groups excluding carboxylic acids is 2. The average molecular weight is 545 g/mol. The predicted molar refractivity (Wildman–Crippen MR) is 159 cm³/mol. The van der Waals surface area contributed by atoms with E-state index < -0.39 is 17.9 Å². The van der Waals surface area contributed by atoms with Gasteiger partial charge in [-0.05, 0) is 59.5 Å². The van der Waals surface area contributed by atoms with E-state index in [4.69, 9.17) is 4.74 Å². The van der Waals surface area contributed by atoms with Gasteiger partial charge >= 0.3 is 5.97 Å². The second-order valence-corrected chi connectivity index (χ2v) is 10.0. The first kappa shape index (κ1) is 30.4. The Morgan fingerprint density at radius 2 is 1.55 bits per heavy atom. The van der Waals surface area contributed by atoms with Crippen LogP contribution >= 0.6 is 0 Å². The molecule has 0 radical (unpaired) electrons. The standard InChI is InChI=1S/C33H40N2O5/c1-4-5-6-7-8-9-13-31(36)35(2)28-12-10-11-27(23-28)25-16-14-24(15-17-25)22-30(33(38)39)34-32(37)26-18-20-29(40-3)21-19-26/h10-12,14-21,23,30H,4-9,13,22H2,1-3H3,(H,34,37)(H,38,39). The van der Waals surface area contributed by atoms with Crippen LogP contribution in [0.1, 0.15) is 67.8 Å². The van der Waals surface area contributed by atoms with Gasteiger partial charge in [-0.3, -0.25) is 9.59 Å². The molecule has 2 N–H and O–H groups in total. The molecule has 2 amide bonds. The number of methoxy groups -OCH3 is 1. The van der Waals surface area contributed by atoms with E-state index in [1.54, 1.807) is 29.2 Å². The van der Waals surface area contributed by atoms with Crippen molar-refractivity contribution in [1.29, 1.82) is 0 Å². The Labute approximate surface area is 237 Å². The zero-order valence-corrected chi connectivity index (χ0v) is 23.7. The van der Waals surface area contributed by atoms with Crippen LogP contribution in [-0.4, -0.2) is 43.1 Å². The summed E-state index contributed by atoms with van der Waals surface area (Å²) in [4.78, 5) is 38.9. The average Bonchev–Trinajstić information content (AvgIpc) is 2.98. The molecule has 3 rings (SSSR count). The molecule has 1 atom stereocenters. The Balaban J connectivity index is 1.60. The second-order valence-electron chi connectivity index (χ2n) is 10.0. The molecule has 0 fully saturated rings. The van der Waals surface area contributed by atoms with Crippen LogP contribution in [0, 0.1) is 0 Å². The topological polar surface area (TPSA) is 95.9 Å². The number of carboxylic acid groups (broad SMARTS) is 1. The van der Waals surface area contributed by atoms with Crippen molar-refractivity contribution in [3.63, 3.8) is 0 Å². The van der Waals surface area contributed by atoms with E-state index in [2.05, 4.69) is 12.2 Å². The van der Waals surface area contributed by atoms with Crippen molar-refractivity contribution < 1.29 is 24.2 Å². The van der Waals surface area contributed by atoms with Crippen molar-refractivity contribution in [3.8, 4) is 16.9 Å². The number of hydrogen-bond donors (Lipinski definition) is 2. The van der Waals surface area contributed by atoms with Gasteiger partial charge in [-0.1, -0.05) is 75.4 Å². The van der Waals surface area contributed by atoms with Crippen LogP contribution in [-0.2, 0) is 16.0 Å². The molecule has 0 heterocycles. The summed E-state index contributed by atoms with van der Waals surface area (Å²) >= 11 is 0. The van der Waals surface area contributed by atoms with Crippen LogP contribution in [0.5, 0.6) is 5.75 Å². The molecule has 0 aromatic heterocycles. The summed E-state index contributed by atoms with van der Waals surface area (Å²) in [6.07, 6.45) is 7.56. The Morgan fingerprint density at radius 3 is 2.20 bits per heavy atom. The number of benzene rings is 3. The molecule has 3 aromatic rings. The molecule has 0 aliphatic carbocycles. The molecule has 7 nitrogen and oxygen atoms in total. The number of nitrogens with zero attached hydrogens (tertiary/aromatic N) is 1. The fraction of sp³-hybridized carbons (Fsp3) is 0.364. The van der Waals surface area contributed by atoms with Crippen LogP contribution in [0.2, 0.25) is 0 Å². The lowest BCUT2D eigenvalue weighted by atomic mass is 10.00. The van der Waals surface area contributed by atoms with E-state index in [0.717, 1.165) is 35.2 Å². The van der Waals surface area contributed by atoms with Gasteiger partial charge < -0.3 is 20.1 Å². The number of nitrogens with one attached hydrogen (secondary N) is 1. The summed E-state index contributed by atoms with van der Waals surface area (Å²) in [5, 5.41) is 12.3. The highest BCUT2D eigenvalue weighted by Crippen LogP contribution is 2.26. The van der Waals surface area contributed by atoms with Crippen LogP contribution in [0.25, 0.3) is 11.1 Å². The van der Waals surface area contributed by atoms with E-state index in [0.29, 0.717) is 17.7 Å². The van der Waals surface area contributed by atoms with Gasteiger partial charge in [-0.2, -0.15) is 0 Å². The minimum Gasteiger partial charge on any atom is -0.497 e. The molecule has 7 heteroatoms. The SMILES string of the molecule is CCCCCCCCC(=O)N(C)c1cccc(-c2ccc(CC(NC(=O)c3ccc(OC)cc3)C(=O)O)cc2)c1.